The third-order valence-electron chi connectivity index (χ3n) is 0. The first-order valence-corrected chi connectivity index (χ1v) is 2.44. The van der Waals surface area contributed by atoms with E-state index in [0.717, 1.165) is 0 Å². The molecule has 68 valence electrons. The SMILES string of the molecule is C=N.C=N.C=N.C=N.CCO. The summed E-state index contributed by atoms with van der Waals surface area (Å²) in [5.74, 6) is 0. The Morgan fingerprint density at radius 2 is 0.818 bits per heavy atom. The summed E-state index contributed by atoms with van der Waals surface area (Å²) in [6.07, 6.45) is 0. The van der Waals surface area contributed by atoms with Crippen LogP contribution in [0.2, 0.25) is 0 Å². The molecule has 0 rings (SSSR count). The maximum absolute atomic E-state index is 7.57. The van der Waals surface area contributed by atoms with Crippen molar-refractivity contribution in [2.75, 3.05) is 6.61 Å². The second kappa shape index (κ2) is 3890. The summed E-state index contributed by atoms with van der Waals surface area (Å²) in [4.78, 5) is 0. The van der Waals surface area contributed by atoms with E-state index in [2.05, 4.69) is 26.9 Å². The molecule has 0 heterocycles. The highest BCUT2D eigenvalue weighted by molar-refractivity contribution is 5.16. The van der Waals surface area contributed by atoms with Crippen molar-refractivity contribution < 1.29 is 5.11 Å². The molecule has 0 amide bonds. The number of hydrogen-bond donors (Lipinski definition) is 5. The maximum atomic E-state index is 7.57. The molecule has 0 aromatic rings. The van der Waals surface area contributed by atoms with Crippen molar-refractivity contribution in [1.29, 1.82) is 21.6 Å². The highest BCUT2D eigenvalue weighted by Crippen LogP contribution is 1.30. The van der Waals surface area contributed by atoms with Gasteiger partial charge in [0.1, 0.15) is 0 Å². The van der Waals surface area contributed by atoms with Crippen LogP contribution in [-0.2, 0) is 0 Å². The Labute approximate surface area is 68.1 Å². The Bertz CT molecular complexity index is 29.8. The summed E-state index contributed by atoms with van der Waals surface area (Å²) in [6, 6.07) is 0. The second-order valence-electron chi connectivity index (χ2n) is 0.316. The lowest BCUT2D eigenvalue weighted by molar-refractivity contribution is 0.318. The first-order valence-electron chi connectivity index (χ1n) is 2.44. The lowest BCUT2D eigenvalue weighted by atomic mass is 10.9. The zero-order valence-electron chi connectivity index (χ0n) is 6.98. The minimum Gasteiger partial charge on any atom is -0.397 e. The first kappa shape index (κ1) is 33.4. The van der Waals surface area contributed by atoms with Crippen LogP contribution in [0.4, 0.5) is 0 Å². The molecular weight excluding hydrogens is 144 g/mol. The third-order valence-corrected chi connectivity index (χ3v) is 0. The third kappa shape index (κ3) is 206. The number of aliphatic hydroxyl groups excluding tert-OH is 1. The highest BCUT2D eigenvalue weighted by atomic mass is 16.2. The van der Waals surface area contributed by atoms with E-state index in [0.29, 0.717) is 0 Å². The molecule has 0 aliphatic carbocycles. The molecule has 0 bridgehead atoms. The Kier molecular flexibility index (Phi) is 11800. The second-order valence-corrected chi connectivity index (χ2v) is 0.316. The fraction of sp³-hybridized carbons (Fsp3) is 0.333. The van der Waals surface area contributed by atoms with Gasteiger partial charge in [0.05, 0.1) is 0 Å². The van der Waals surface area contributed by atoms with E-state index >= 15 is 0 Å². The molecule has 0 unspecified atom stereocenters. The molecule has 0 aromatic heterocycles. The van der Waals surface area contributed by atoms with Gasteiger partial charge in [0.2, 0.25) is 0 Å². The van der Waals surface area contributed by atoms with Crippen molar-refractivity contribution in [3.8, 4) is 0 Å². The fourth-order valence-corrected chi connectivity index (χ4v) is 0. The van der Waals surface area contributed by atoms with E-state index in [1.165, 1.54) is 0 Å². The predicted octanol–water partition coefficient (Wildman–Crippen LogP) is 1.06. The molecule has 0 radical (unpaired) electrons. The number of rotatable bonds is 0. The van der Waals surface area contributed by atoms with E-state index in [1.807, 2.05) is 0 Å². The van der Waals surface area contributed by atoms with Gasteiger partial charge in [-0.1, -0.05) is 0 Å². The number of nitrogens with one attached hydrogen (secondary N) is 4. The van der Waals surface area contributed by atoms with E-state index in [1.54, 1.807) is 6.92 Å². The molecule has 0 aliphatic rings. The Hall–Kier alpha value is -1.36. The molecule has 0 aliphatic heterocycles. The Balaban J connectivity index is -0.0000000139. The standard InChI is InChI=1S/C2H6O.4CH3N/c1-2-3;4*1-2/h3H,2H2,1H3;4*2H,1H2. The normalized spacial score (nSPS) is 3.09. The molecular formula is C6H18N4O. The van der Waals surface area contributed by atoms with Crippen LogP contribution < -0.4 is 0 Å². The number of aliphatic hydroxyl groups is 1. The van der Waals surface area contributed by atoms with E-state index in [-0.39, 0.29) is 6.61 Å². The molecule has 5 heteroatoms. The van der Waals surface area contributed by atoms with Crippen molar-refractivity contribution in [1.82, 2.24) is 0 Å². The van der Waals surface area contributed by atoms with E-state index < -0.39 is 0 Å². The van der Waals surface area contributed by atoms with Crippen LogP contribution in [0.25, 0.3) is 0 Å². The Morgan fingerprint density at radius 3 is 0.818 bits per heavy atom. The van der Waals surface area contributed by atoms with Crippen LogP contribution in [0, 0.1) is 21.6 Å². The maximum Gasteiger partial charge on any atom is 0.0402 e. The summed E-state index contributed by atoms with van der Waals surface area (Å²) in [6.45, 7) is 11.9. The van der Waals surface area contributed by atoms with E-state index in [9.17, 15) is 0 Å². The predicted molar refractivity (Wildman–Crippen MR) is 52.1 cm³/mol. The minimum atomic E-state index is 0.250. The largest absolute Gasteiger partial charge is 0.397 e. The molecule has 5 nitrogen and oxygen atoms in total. The van der Waals surface area contributed by atoms with Crippen molar-refractivity contribution in [3.05, 3.63) is 0 Å². The van der Waals surface area contributed by atoms with Gasteiger partial charge >= 0.3 is 0 Å². The number of hydrogen-bond acceptors (Lipinski definition) is 5. The topological polar surface area (TPSA) is 116 Å². The van der Waals surface area contributed by atoms with Gasteiger partial charge in [-0.15, -0.1) is 0 Å². The van der Waals surface area contributed by atoms with Gasteiger partial charge in [0.25, 0.3) is 0 Å². The molecule has 11 heavy (non-hydrogen) atoms. The molecule has 0 spiro atoms. The van der Waals surface area contributed by atoms with Crippen molar-refractivity contribution in [3.63, 3.8) is 0 Å². The molecule has 0 saturated heterocycles. The molecule has 0 fully saturated rings. The van der Waals surface area contributed by atoms with Gasteiger partial charge in [-0.25, -0.2) is 0 Å². The van der Waals surface area contributed by atoms with Crippen LogP contribution >= 0.6 is 0 Å². The van der Waals surface area contributed by atoms with Crippen LogP contribution in [0.3, 0.4) is 0 Å². The van der Waals surface area contributed by atoms with Gasteiger partial charge in [0.15, 0.2) is 0 Å². The van der Waals surface area contributed by atoms with Crippen molar-refractivity contribution in [2.24, 2.45) is 0 Å². The summed E-state index contributed by atoms with van der Waals surface area (Å²) >= 11 is 0. The first-order chi connectivity index (χ1) is 5.41. The van der Waals surface area contributed by atoms with E-state index in [4.69, 9.17) is 26.7 Å². The van der Waals surface area contributed by atoms with Crippen molar-refractivity contribution in [2.45, 2.75) is 6.92 Å². The zero-order chi connectivity index (χ0) is 10.7. The minimum absolute atomic E-state index is 0.250. The van der Waals surface area contributed by atoms with Crippen LogP contribution in [0.5, 0.6) is 0 Å². The summed E-state index contributed by atoms with van der Waals surface area (Å²) in [5.41, 5.74) is 0. The summed E-state index contributed by atoms with van der Waals surface area (Å²) < 4.78 is 0. The van der Waals surface area contributed by atoms with Gasteiger partial charge in [0, 0.05) is 6.61 Å². The quantitative estimate of drug-likeness (QED) is 0.337. The average molecular weight is 162 g/mol. The Morgan fingerprint density at radius 1 is 0.818 bits per heavy atom. The molecule has 0 atom stereocenters. The fourth-order valence-electron chi connectivity index (χ4n) is 0. The smallest absolute Gasteiger partial charge is 0.0402 e. The monoisotopic (exact) mass is 162 g/mol. The van der Waals surface area contributed by atoms with Crippen LogP contribution in [0.1, 0.15) is 6.92 Å². The van der Waals surface area contributed by atoms with Gasteiger partial charge in [-0.2, -0.15) is 0 Å². The van der Waals surface area contributed by atoms with Crippen LogP contribution in [0.15, 0.2) is 0 Å². The van der Waals surface area contributed by atoms with Crippen LogP contribution in [-0.4, -0.2) is 38.6 Å². The van der Waals surface area contributed by atoms with Gasteiger partial charge in [-0.3, -0.25) is 0 Å². The van der Waals surface area contributed by atoms with Crippen molar-refractivity contribution >= 4 is 26.9 Å². The highest BCUT2D eigenvalue weighted by Gasteiger charge is 1.34. The van der Waals surface area contributed by atoms with Gasteiger partial charge < -0.3 is 26.7 Å². The molecule has 0 saturated carbocycles. The average Bonchev–Trinajstić information content (AvgIpc) is 2.18. The summed E-state index contributed by atoms with van der Waals surface area (Å²) in [7, 11) is 0. The zero-order valence-corrected chi connectivity index (χ0v) is 6.98. The lowest BCUT2D eigenvalue weighted by Crippen LogP contribution is -1.57. The lowest BCUT2D eigenvalue weighted by Gasteiger charge is -1.52. The van der Waals surface area contributed by atoms with Gasteiger partial charge in [-0.05, 0) is 33.8 Å². The molecule has 5 N–H and O–H groups in total. The summed E-state index contributed by atoms with van der Waals surface area (Å²) in [5, 5.41) is 29.6. The molecule has 0 aromatic carbocycles.